The van der Waals surface area contributed by atoms with Crippen LogP contribution in [0.2, 0.25) is 0 Å². The van der Waals surface area contributed by atoms with Gasteiger partial charge in [-0.15, -0.1) is 0 Å². The van der Waals surface area contributed by atoms with E-state index in [-0.39, 0.29) is 0 Å². The van der Waals surface area contributed by atoms with Crippen LogP contribution in [-0.4, -0.2) is 25.7 Å². The summed E-state index contributed by atoms with van der Waals surface area (Å²) < 4.78 is 11.2. The van der Waals surface area contributed by atoms with E-state index in [2.05, 4.69) is 107 Å². The Kier molecular flexibility index (Phi) is 5.96. The molecule has 0 saturated carbocycles. The van der Waals surface area contributed by atoms with Crippen molar-refractivity contribution >= 4 is 49.2 Å². The van der Waals surface area contributed by atoms with E-state index in [1.165, 1.54) is 10.8 Å². The van der Waals surface area contributed by atoms with E-state index in [1.807, 2.05) is 54.6 Å². The highest BCUT2D eigenvalue weighted by atomic mass is 16.5. The zero-order valence-corrected chi connectivity index (χ0v) is 25.0. The van der Waals surface area contributed by atoms with Gasteiger partial charge in [-0.1, -0.05) is 122 Å². The first-order chi connectivity index (χ1) is 22.8. The van der Waals surface area contributed by atoms with Gasteiger partial charge in [0, 0.05) is 32.8 Å². The molecule has 5 heteroatoms. The van der Waals surface area contributed by atoms with Crippen LogP contribution in [0.25, 0.3) is 72.1 Å². The second-order valence-electron chi connectivity index (χ2n) is 11.4. The summed E-state index contributed by atoms with van der Waals surface area (Å²) in [5.41, 5.74) is 7.79. The fraction of sp³-hybridized carbons (Fsp3) is 0.0244. The molecule has 0 radical (unpaired) electrons. The molecule has 4 heterocycles. The van der Waals surface area contributed by atoms with Crippen molar-refractivity contribution in [2.75, 3.05) is 6.61 Å². The number of allylic oxidation sites excluding steroid dienone is 4. The van der Waals surface area contributed by atoms with E-state index in [4.69, 9.17) is 14.7 Å². The monoisotopic (exact) mass is 592 g/mol. The maximum Gasteiger partial charge on any atom is 0.189 e. The van der Waals surface area contributed by atoms with Crippen LogP contribution in [0.5, 0.6) is 5.75 Å². The number of para-hydroxylation sites is 3. The Bertz CT molecular complexity index is 2540. The van der Waals surface area contributed by atoms with Gasteiger partial charge in [-0.25, -0.2) is 9.97 Å². The second kappa shape index (κ2) is 10.5. The average Bonchev–Trinajstić information content (AvgIpc) is 3.65. The number of aromatic nitrogens is 4. The molecule has 46 heavy (non-hydrogen) atoms. The Labute approximate surface area is 265 Å². The van der Waals surface area contributed by atoms with Crippen LogP contribution >= 0.6 is 0 Å². The van der Waals surface area contributed by atoms with Crippen LogP contribution in [-0.2, 0) is 0 Å². The molecule has 0 bridgehead atoms. The summed E-state index contributed by atoms with van der Waals surface area (Å²) in [6.45, 7) is 4.79. The number of rotatable bonds is 3. The fourth-order valence-corrected chi connectivity index (χ4v) is 6.74. The first-order valence-corrected chi connectivity index (χ1v) is 15.4. The quantitative estimate of drug-likeness (QED) is 0.205. The molecule has 0 amide bonds. The van der Waals surface area contributed by atoms with Crippen molar-refractivity contribution in [3.05, 3.63) is 158 Å². The minimum Gasteiger partial charge on any atom is -0.483 e. The number of hydrogen-bond donors (Lipinski definition) is 0. The zero-order valence-electron chi connectivity index (χ0n) is 25.0. The number of fused-ring (bicyclic) bond motifs is 8. The zero-order chi connectivity index (χ0) is 30.6. The van der Waals surface area contributed by atoms with Crippen LogP contribution in [0.4, 0.5) is 0 Å². The second-order valence-corrected chi connectivity index (χ2v) is 11.4. The van der Waals surface area contributed by atoms with Crippen LogP contribution < -0.4 is 4.74 Å². The minimum absolute atomic E-state index is 0.377. The van der Waals surface area contributed by atoms with E-state index >= 15 is 0 Å². The molecule has 0 spiro atoms. The predicted octanol–water partition coefficient (Wildman–Crippen LogP) is 9.86. The van der Waals surface area contributed by atoms with Gasteiger partial charge >= 0.3 is 0 Å². The molecule has 5 aromatic carbocycles. The molecule has 8 aromatic rings. The van der Waals surface area contributed by atoms with Crippen molar-refractivity contribution in [2.24, 2.45) is 0 Å². The van der Waals surface area contributed by atoms with Gasteiger partial charge < -0.3 is 9.30 Å². The highest BCUT2D eigenvalue weighted by molar-refractivity contribution is 6.23. The van der Waals surface area contributed by atoms with Crippen LogP contribution in [0.3, 0.4) is 0 Å². The van der Waals surface area contributed by atoms with Crippen LogP contribution in [0.15, 0.2) is 152 Å². The lowest BCUT2D eigenvalue weighted by Gasteiger charge is -2.18. The highest BCUT2D eigenvalue weighted by Gasteiger charge is 2.26. The third-order valence-corrected chi connectivity index (χ3v) is 8.75. The largest absolute Gasteiger partial charge is 0.483 e. The summed E-state index contributed by atoms with van der Waals surface area (Å²) in [5, 5.41) is 4.64. The van der Waals surface area contributed by atoms with Crippen molar-refractivity contribution in [2.45, 2.75) is 0 Å². The fourth-order valence-electron chi connectivity index (χ4n) is 6.74. The average molecular weight is 593 g/mol. The summed E-state index contributed by atoms with van der Waals surface area (Å²) in [6.07, 6.45) is 7.93. The summed E-state index contributed by atoms with van der Waals surface area (Å²) in [7, 11) is 0. The Morgan fingerprint density at radius 3 is 1.91 bits per heavy atom. The first kappa shape index (κ1) is 26.2. The number of benzene rings is 5. The van der Waals surface area contributed by atoms with Gasteiger partial charge in [0.25, 0.3) is 0 Å². The predicted molar refractivity (Wildman–Crippen MR) is 189 cm³/mol. The molecule has 9 rings (SSSR count). The standard InChI is InChI=1S/C41H28N4O/c1-27-15-5-4-14-26-46-39-36(27)42-40(28-16-6-2-7-17-28)43-41(39)45-35-23-13-11-21-31(35)33-25-24-32-30-20-10-12-22-34(30)44(37(32)38(33)45)29-18-8-3-9-19-29/h2-25H,1,26H2/b14-4-,15-5-. The summed E-state index contributed by atoms with van der Waals surface area (Å²) >= 11 is 0. The van der Waals surface area contributed by atoms with Gasteiger partial charge in [0.15, 0.2) is 17.4 Å². The topological polar surface area (TPSA) is 44.9 Å². The molecular weight excluding hydrogens is 564 g/mol. The third-order valence-electron chi connectivity index (χ3n) is 8.75. The van der Waals surface area contributed by atoms with Gasteiger partial charge in [-0.3, -0.25) is 4.57 Å². The summed E-state index contributed by atoms with van der Waals surface area (Å²) in [4.78, 5) is 10.4. The van der Waals surface area contributed by atoms with Crippen molar-refractivity contribution in [1.82, 2.24) is 19.1 Å². The molecule has 1 aliphatic rings. The van der Waals surface area contributed by atoms with Gasteiger partial charge in [0.2, 0.25) is 0 Å². The normalized spacial score (nSPS) is 14.6. The smallest absolute Gasteiger partial charge is 0.189 e. The van der Waals surface area contributed by atoms with Crippen molar-refractivity contribution in [1.29, 1.82) is 0 Å². The molecule has 0 aliphatic carbocycles. The number of nitrogens with zero attached hydrogens (tertiary/aromatic N) is 4. The number of ether oxygens (including phenoxy) is 1. The maximum absolute atomic E-state index is 6.57. The van der Waals surface area contributed by atoms with Crippen molar-refractivity contribution in [3.63, 3.8) is 0 Å². The highest BCUT2D eigenvalue weighted by Crippen LogP contribution is 2.44. The Morgan fingerprint density at radius 1 is 0.587 bits per heavy atom. The molecule has 0 fully saturated rings. The van der Waals surface area contributed by atoms with Crippen LogP contribution in [0.1, 0.15) is 5.69 Å². The Hall–Kier alpha value is -6.20. The van der Waals surface area contributed by atoms with Crippen molar-refractivity contribution in [3.8, 4) is 28.6 Å². The first-order valence-electron chi connectivity index (χ1n) is 15.4. The SMILES string of the molecule is C=C1/C=C\C=C/COc2c1nc(-c1ccccc1)nc2-n1c2ccccc2c2ccc3c4ccccc4n(-c4ccccc4)c3c21. The van der Waals surface area contributed by atoms with Gasteiger partial charge in [-0.05, 0) is 35.9 Å². The molecule has 0 saturated heterocycles. The maximum atomic E-state index is 6.57. The van der Waals surface area contributed by atoms with Gasteiger partial charge in [0.05, 0.1) is 22.1 Å². The lowest BCUT2D eigenvalue weighted by atomic mass is 10.1. The third kappa shape index (κ3) is 3.95. The van der Waals surface area contributed by atoms with E-state index < -0.39 is 0 Å². The molecule has 0 unspecified atom stereocenters. The minimum atomic E-state index is 0.377. The molecule has 1 aliphatic heterocycles. The molecule has 0 N–H and O–H groups in total. The Morgan fingerprint density at radius 2 is 1.20 bits per heavy atom. The van der Waals surface area contributed by atoms with E-state index in [0.717, 1.165) is 49.7 Å². The summed E-state index contributed by atoms with van der Waals surface area (Å²) in [5.74, 6) is 1.89. The lowest BCUT2D eigenvalue weighted by molar-refractivity contribution is 0.357. The van der Waals surface area contributed by atoms with E-state index in [9.17, 15) is 0 Å². The Balaban J connectivity index is 1.51. The van der Waals surface area contributed by atoms with E-state index in [0.29, 0.717) is 29.7 Å². The molecule has 0 atom stereocenters. The lowest BCUT2D eigenvalue weighted by Crippen LogP contribution is -2.10. The van der Waals surface area contributed by atoms with Crippen molar-refractivity contribution < 1.29 is 4.74 Å². The van der Waals surface area contributed by atoms with Gasteiger partial charge in [-0.2, -0.15) is 0 Å². The molecule has 3 aromatic heterocycles. The van der Waals surface area contributed by atoms with Gasteiger partial charge in [0.1, 0.15) is 12.3 Å². The molecular formula is C41H28N4O. The number of hydrogen-bond acceptors (Lipinski definition) is 3. The molecule has 5 nitrogen and oxygen atoms in total. The van der Waals surface area contributed by atoms with E-state index in [1.54, 1.807) is 0 Å². The van der Waals surface area contributed by atoms with Crippen LogP contribution in [0, 0.1) is 0 Å². The summed E-state index contributed by atoms with van der Waals surface area (Å²) in [6, 6.07) is 42.4. The molecule has 218 valence electrons.